The number of H-pyrrole nitrogens is 1. The SMILES string of the molecule is CSCC[C@H](NC(=O)[C@H](CCCN=C(N)N)NC(=O)[C@@H](N)CCC(N)=O)C(=O)N[C@@H](Cc1cnc[nH]1)C(=O)N[C@@H](CC(C)C)C(=O)N1CCC[C@H]1C(=O)N[C@@H](CCC(N)=O)C(=O)N[C@@H](Cc1ccc(O)cc1)C(=O)N[C@@H](CCC(=O)O)C(=O)N[C@@H](CC(C)C)C(=O)N[C@@H](CC(C)C)C(=O)O. The number of rotatable bonds is 46. The molecule has 1 aliphatic rings. The summed E-state index contributed by atoms with van der Waals surface area (Å²) >= 11 is 1.35. The molecule has 0 bridgehead atoms. The molecule has 2 aromatic rings. The number of thioether (sulfide) groups is 1. The number of carboxylic acid groups (broad SMARTS) is 2. The number of carbonyl (C=O) groups excluding carboxylic acids is 12. The fourth-order valence-electron chi connectivity index (χ4n) is 10.7. The first kappa shape index (κ1) is 84.6. The molecule has 1 aliphatic heterocycles. The molecule has 2 heterocycles. The van der Waals surface area contributed by atoms with E-state index in [1.165, 1.54) is 53.5 Å². The molecule has 0 saturated carbocycles. The van der Waals surface area contributed by atoms with Crippen LogP contribution in [0, 0.1) is 17.8 Å². The topological polar surface area (TPSA) is 582 Å². The van der Waals surface area contributed by atoms with Crippen molar-refractivity contribution in [1.82, 2.24) is 62.7 Å². The number of aromatic hydroxyl groups is 1. The maximum Gasteiger partial charge on any atom is 0.326 e. The van der Waals surface area contributed by atoms with E-state index in [2.05, 4.69) is 62.8 Å². The van der Waals surface area contributed by atoms with Crippen LogP contribution in [0.1, 0.15) is 143 Å². The third-order valence-electron chi connectivity index (χ3n) is 15.9. The molecular formula is C64H102N18O17S. The second-order valence-electron chi connectivity index (χ2n) is 25.9. The number of nitrogens with two attached hydrogens (primary N) is 5. The molecule has 36 heteroatoms. The minimum Gasteiger partial charge on any atom is -0.508 e. The lowest BCUT2D eigenvalue weighted by molar-refractivity contribution is -0.143. The van der Waals surface area contributed by atoms with E-state index in [4.69, 9.17) is 28.7 Å². The van der Waals surface area contributed by atoms with Crippen LogP contribution >= 0.6 is 11.8 Å². The molecule has 100 heavy (non-hydrogen) atoms. The van der Waals surface area contributed by atoms with Gasteiger partial charge in [-0.05, 0) is 118 Å². The Hall–Kier alpha value is -9.61. The van der Waals surface area contributed by atoms with Crippen molar-refractivity contribution in [2.45, 2.75) is 211 Å². The zero-order chi connectivity index (χ0) is 74.9. The second kappa shape index (κ2) is 43.0. The van der Waals surface area contributed by atoms with Crippen LogP contribution in [0.5, 0.6) is 5.75 Å². The predicted molar refractivity (Wildman–Crippen MR) is 367 cm³/mol. The Bertz CT molecular complexity index is 3130. The minimum absolute atomic E-state index is 0.00147. The van der Waals surface area contributed by atoms with Gasteiger partial charge in [0.15, 0.2) is 5.96 Å². The molecule has 0 radical (unpaired) electrons. The van der Waals surface area contributed by atoms with Gasteiger partial charge in [0.1, 0.15) is 66.2 Å². The first-order valence-corrected chi connectivity index (χ1v) is 34.6. The summed E-state index contributed by atoms with van der Waals surface area (Å²) in [6.07, 6.45) is 1.95. The quantitative estimate of drug-likeness (QED) is 0.0179. The fourth-order valence-corrected chi connectivity index (χ4v) is 11.2. The van der Waals surface area contributed by atoms with Gasteiger partial charge < -0.3 is 102 Å². The number of imidazole rings is 1. The van der Waals surface area contributed by atoms with Gasteiger partial charge in [0, 0.05) is 57.1 Å². The van der Waals surface area contributed by atoms with Gasteiger partial charge in [-0.3, -0.25) is 67.3 Å². The smallest absolute Gasteiger partial charge is 0.326 e. The first-order valence-electron chi connectivity index (χ1n) is 33.2. The number of amides is 12. The summed E-state index contributed by atoms with van der Waals surface area (Å²) in [5, 5.41) is 53.0. The molecule has 11 atom stereocenters. The number of carboxylic acids is 2. The number of guanidine groups is 1. The van der Waals surface area contributed by atoms with Crippen molar-refractivity contribution in [1.29, 1.82) is 0 Å². The summed E-state index contributed by atoms with van der Waals surface area (Å²) in [7, 11) is 0. The first-order chi connectivity index (χ1) is 47.1. The Kier molecular flexibility index (Phi) is 36.4. The number of phenolic OH excluding ortho intramolecular Hbond substituents is 1. The van der Waals surface area contributed by atoms with Crippen LogP contribution in [-0.2, 0) is 80.0 Å². The standard InChI is InChI=1S/C64H102N18O17S/c1-33(2)26-44(58(93)81-48(63(98)99)28-35(5)6)77-56(91)42(18-21-52(86)87)74-59(94)45(29-36-12-14-38(83)15-13-36)78-55(90)41(17-20-51(67)85)76-61(96)49-11-9-24-82(49)62(97)47(27-34(3)4)80-60(95)46(30-37-31-70-32-72-37)79-57(92)43(22-25-100-7)75-54(89)40(10-8-23-71-64(68)69)73-53(88)39(65)16-19-50(66)84/h12-15,31-35,39-49,83H,8-11,16-30,65H2,1-7H3,(H2,66,84)(H2,67,85)(H,70,72)(H,73,88)(H,74,94)(H,75,89)(H,76,96)(H,77,91)(H,78,90)(H,79,92)(H,80,95)(H,81,93)(H,86,87)(H,98,99)(H4,68,69,71)/t39-,40-,41-,42-,43-,44-,45-,46-,47-,48-,49-/m0/s1. The van der Waals surface area contributed by atoms with Gasteiger partial charge >= 0.3 is 11.9 Å². The Morgan fingerprint density at radius 2 is 1.02 bits per heavy atom. The van der Waals surface area contributed by atoms with Gasteiger partial charge in [-0.25, -0.2) is 9.78 Å². The molecule has 1 saturated heterocycles. The highest BCUT2D eigenvalue weighted by atomic mass is 32.2. The number of nitrogens with one attached hydrogen (secondary N) is 10. The minimum atomic E-state index is -1.68. The number of benzene rings is 1. The van der Waals surface area contributed by atoms with Crippen molar-refractivity contribution in [2.24, 2.45) is 51.4 Å². The van der Waals surface area contributed by atoms with E-state index in [1.807, 2.05) is 0 Å². The van der Waals surface area contributed by atoms with E-state index in [9.17, 15) is 82.4 Å². The molecule has 1 aromatic heterocycles. The highest BCUT2D eigenvalue weighted by Gasteiger charge is 2.41. The van der Waals surface area contributed by atoms with Crippen molar-refractivity contribution >= 4 is 101 Å². The molecule has 3 rings (SSSR count). The van der Waals surface area contributed by atoms with Crippen LogP contribution in [0.15, 0.2) is 41.8 Å². The molecule has 0 spiro atoms. The lowest BCUT2D eigenvalue weighted by Gasteiger charge is -2.32. The number of phenols is 1. The predicted octanol–water partition coefficient (Wildman–Crippen LogP) is -2.99. The average Bonchev–Trinajstić information content (AvgIpc) is 1.57. The van der Waals surface area contributed by atoms with Crippen LogP contribution in [0.25, 0.3) is 0 Å². The number of carbonyl (C=O) groups is 14. The van der Waals surface area contributed by atoms with Crippen molar-refractivity contribution in [3.8, 4) is 5.75 Å². The van der Waals surface area contributed by atoms with Crippen LogP contribution in [-0.4, -0.2) is 211 Å². The van der Waals surface area contributed by atoms with Gasteiger partial charge in [-0.2, -0.15) is 11.8 Å². The number of aromatic nitrogens is 2. The van der Waals surface area contributed by atoms with E-state index in [0.717, 1.165) is 0 Å². The Labute approximate surface area is 584 Å². The maximum atomic E-state index is 14.9. The summed E-state index contributed by atoms with van der Waals surface area (Å²) in [5.74, 6) is -13.9. The average molecular weight is 1430 g/mol. The molecule has 0 aliphatic carbocycles. The van der Waals surface area contributed by atoms with Gasteiger partial charge in [-0.15, -0.1) is 0 Å². The lowest BCUT2D eigenvalue weighted by Crippen LogP contribution is -2.61. The van der Waals surface area contributed by atoms with E-state index in [0.29, 0.717) is 17.0 Å². The normalized spacial score (nSPS) is 15.8. The maximum absolute atomic E-state index is 14.9. The zero-order valence-electron chi connectivity index (χ0n) is 57.7. The van der Waals surface area contributed by atoms with E-state index in [1.54, 1.807) is 47.8 Å². The van der Waals surface area contributed by atoms with Crippen LogP contribution in [0.2, 0.25) is 0 Å². The Balaban J connectivity index is 1.98. The van der Waals surface area contributed by atoms with Crippen molar-refractivity contribution in [3.05, 3.63) is 48.0 Å². The summed E-state index contributed by atoms with van der Waals surface area (Å²) in [6.45, 7) is 10.6. The van der Waals surface area contributed by atoms with Gasteiger partial charge in [-0.1, -0.05) is 53.7 Å². The molecule has 35 nitrogen and oxygen atoms in total. The van der Waals surface area contributed by atoms with Gasteiger partial charge in [0.2, 0.25) is 70.9 Å². The third kappa shape index (κ3) is 31.1. The molecular weight excluding hydrogens is 1320 g/mol. The number of nitrogens with zero attached hydrogens (tertiary/aromatic N) is 3. The van der Waals surface area contributed by atoms with Crippen molar-refractivity contribution in [2.75, 3.05) is 25.1 Å². The Morgan fingerprint density at radius 3 is 1.54 bits per heavy atom. The molecule has 0 unspecified atom stereocenters. The number of aliphatic carboxylic acids is 2. The summed E-state index contributed by atoms with van der Waals surface area (Å²) in [6, 6.07) is -10.2. The van der Waals surface area contributed by atoms with Crippen LogP contribution in [0.4, 0.5) is 0 Å². The van der Waals surface area contributed by atoms with E-state index < -0.39 is 175 Å². The highest BCUT2D eigenvalue weighted by molar-refractivity contribution is 7.98. The number of aromatic amines is 1. The fraction of sp³-hybridized carbons (Fsp3) is 0.625. The van der Waals surface area contributed by atoms with Crippen LogP contribution in [0.3, 0.4) is 0 Å². The molecule has 556 valence electrons. The molecule has 12 amide bonds. The third-order valence-corrected chi connectivity index (χ3v) is 16.5. The number of likely N-dealkylation sites (tertiary alicyclic amines) is 1. The van der Waals surface area contributed by atoms with Gasteiger partial charge in [0.05, 0.1) is 12.4 Å². The summed E-state index contributed by atoms with van der Waals surface area (Å²) in [5.41, 5.74) is 28.5. The number of aliphatic imine (C=N–C) groups is 1. The monoisotopic (exact) mass is 1430 g/mol. The van der Waals surface area contributed by atoms with Crippen molar-refractivity contribution in [3.63, 3.8) is 0 Å². The lowest BCUT2D eigenvalue weighted by atomic mass is 9.99. The summed E-state index contributed by atoms with van der Waals surface area (Å²) in [4.78, 5) is 203. The number of hydrogen-bond donors (Lipinski definition) is 18. The largest absolute Gasteiger partial charge is 0.508 e. The summed E-state index contributed by atoms with van der Waals surface area (Å²) < 4.78 is 0. The number of hydrogen-bond acceptors (Lipinski definition) is 19. The molecule has 1 aromatic carbocycles. The Morgan fingerprint density at radius 1 is 0.570 bits per heavy atom. The molecule has 23 N–H and O–H groups in total. The second-order valence-corrected chi connectivity index (χ2v) is 26.9. The van der Waals surface area contributed by atoms with E-state index in [-0.39, 0.29) is 120 Å². The van der Waals surface area contributed by atoms with Crippen LogP contribution < -0.4 is 76.5 Å². The van der Waals surface area contributed by atoms with E-state index >= 15 is 0 Å². The number of primary amides is 2. The zero-order valence-corrected chi connectivity index (χ0v) is 58.5. The highest BCUT2D eigenvalue weighted by Crippen LogP contribution is 2.22. The van der Waals surface area contributed by atoms with Gasteiger partial charge in [0.25, 0.3) is 0 Å². The molecule has 1 fully saturated rings. The van der Waals surface area contributed by atoms with Crippen molar-refractivity contribution < 1.29 is 82.4 Å².